The van der Waals surface area contributed by atoms with Crippen LogP contribution in [-0.2, 0) is 26.6 Å². The van der Waals surface area contributed by atoms with Gasteiger partial charge in [-0.2, -0.15) is 0 Å². The van der Waals surface area contributed by atoms with Gasteiger partial charge in [0.05, 0.1) is 9.79 Å². The SMILES string of the molecule is NS(=O)(=O)c1ccc(NCc2ccccc2OC(=O)NS(=O)(=O)c2ccccc2)cc1. The van der Waals surface area contributed by atoms with Crippen molar-refractivity contribution in [1.29, 1.82) is 0 Å². The molecule has 0 aliphatic heterocycles. The molecule has 0 fully saturated rings. The lowest BCUT2D eigenvalue weighted by Crippen LogP contribution is -2.33. The Morgan fingerprint density at radius 2 is 1.42 bits per heavy atom. The van der Waals surface area contributed by atoms with Crippen molar-refractivity contribution in [2.45, 2.75) is 16.3 Å². The van der Waals surface area contributed by atoms with Gasteiger partial charge in [-0.3, -0.25) is 0 Å². The molecule has 0 atom stereocenters. The molecule has 0 saturated heterocycles. The maximum Gasteiger partial charge on any atom is 0.426 e. The number of nitrogens with two attached hydrogens (primary N) is 1. The molecule has 0 aliphatic rings. The van der Waals surface area contributed by atoms with Crippen LogP contribution < -0.4 is 19.9 Å². The average Bonchev–Trinajstić information content (AvgIpc) is 2.73. The first-order valence-electron chi connectivity index (χ1n) is 8.89. The Balaban J connectivity index is 1.67. The molecule has 3 rings (SSSR count). The number of carbonyl (C=O) groups is 1. The van der Waals surface area contributed by atoms with Gasteiger partial charge in [0.25, 0.3) is 10.0 Å². The minimum atomic E-state index is -4.06. The molecule has 162 valence electrons. The molecule has 0 unspecified atom stereocenters. The second-order valence-corrected chi connectivity index (χ2v) is 9.58. The van der Waals surface area contributed by atoms with Crippen molar-refractivity contribution < 1.29 is 26.4 Å². The predicted molar refractivity (Wildman–Crippen MR) is 114 cm³/mol. The Bertz CT molecular complexity index is 1280. The number of ether oxygens (including phenoxy) is 1. The highest BCUT2D eigenvalue weighted by molar-refractivity contribution is 7.90. The number of carbonyl (C=O) groups excluding carboxylic acids is 1. The smallest absolute Gasteiger partial charge is 0.409 e. The molecule has 3 aromatic carbocycles. The van der Waals surface area contributed by atoms with Gasteiger partial charge in [0, 0.05) is 17.8 Å². The molecule has 0 radical (unpaired) electrons. The van der Waals surface area contributed by atoms with Gasteiger partial charge in [-0.15, -0.1) is 0 Å². The van der Waals surface area contributed by atoms with Crippen molar-refractivity contribution >= 4 is 31.8 Å². The second-order valence-electron chi connectivity index (χ2n) is 6.34. The van der Waals surface area contributed by atoms with Crippen LogP contribution in [0.4, 0.5) is 10.5 Å². The van der Waals surface area contributed by atoms with E-state index in [1.165, 1.54) is 42.5 Å². The normalized spacial score (nSPS) is 11.5. The van der Waals surface area contributed by atoms with E-state index in [9.17, 15) is 21.6 Å². The third kappa shape index (κ3) is 6.04. The summed E-state index contributed by atoms with van der Waals surface area (Å²) in [6.07, 6.45) is -1.14. The highest BCUT2D eigenvalue weighted by atomic mass is 32.2. The monoisotopic (exact) mass is 461 g/mol. The number of anilines is 1. The van der Waals surface area contributed by atoms with E-state index in [-0.39, 0.29) is 22.1 Å². The number of primary sulfonamides is 1. The summed E-state index contributed by atoms with van der Waals surface area (Å²) in [4.78, 5) is 12.1. The molecule has 4 N–H and O–H groups in total. The van der Waals surface area contributed by atoms with Crippen LogP contribution in [0, 0.1) is 0 Å². The van der Waals surface area contributed by atoms with Crippen molar-refractivity contribution in [2.75, 3.05) is 5.32 Å². The van der Waals surface area contributed by atoms with Crippen molar-refractivity contribution in [3.8, 4) is 5.75 Å². The number of hydrogen-bond donors (Lipinski definition) is 3. The Hall–Kier alpha value is -3.41. The van der Waals surface area contributed by atoms with Gasteiger partial charge in [0.2, 0.25) is 10.0 Å². The summed E-state index contributed by atoms with van der Waals surface area (Å²) in [6, 6.07) is 19.8. The molecule has 0 spiro atoms. The zero-order valence-corrected chi connectivity index (χ0v) is 17.7. The standard InChI is InChI=1S/C20H19N3O6S2/c21-30(25,26)17-12-10-16(11-13-17)22-14-15-6-4-5-9-19(15)29-20(24)23-31(27,28)18-7-2-1-3-8-18/h1-13,22H,14H2,(H,23,24)(H2,21,25,26). The third-order valence-corrected chi connectivity index (χ3v) is 6.37. The number of sulfonamides is 2. The fourth-order valence-electron chi connectivity index (χ4n) is 2.60. The van der Waals surface area contributed by atoms with Crippen LogP contribution in [0.5, 0.6) is 5.75 Å². The van der Waals surface area contributed by atoms with Gasteiger partial charge >= 0.3 is 6.09 Å². The van der Waals surface area contributed by atoms with Gasteiger partial charge in [0.15, 0.2) is 0 Å². The van der Waals surface area contributed by atoms with Crippen molar-refractivity contribution in [1.82, 2.24) is 4.72 Å². The number of nitrogens with one attached hydrogen (secondary N) is 2. The maximum absolute atomic E-state index is 12.3. The van der Waals surface area contributed by atoms with Crippen molar-refractivity contribution in [3.05, 3.63) is 84.4 Å². The maximum atomic E-state index is 12.3. The van der Waals surface area contributed by atoms with Crippen LogP contribution in [0.2, 0.25) is 0 Å². The molecular weight excluding hydrogens is 442 g/mol. The summed E-state index contributed by atoms with van der Waals surface area (Å²) in [5, 5.41) is 8.14. The first kappa shape index (κ1) is 22.3. The molecular formula is C20H19N3O6S2. The molecule has 0 aliphatic carbocycles. The first-order valence-corrected chi connectivity index (χ1v) is 11.9. The molecule has 0 heterocycles. The van der Waals surface area contributed by atoms with Crippen molar-refractivity contribution in [2.24, 2.45) is 5.14 Å². The van der Waals surface area contributed by atoms with Crippen LogP contribution in [0.15, 0.2) is 88.7 Å². The van der Waals surface area contributed by atoms with E-state index in [0.29, 0.717) is 11.3 Å². The van der Waals surface area contributed by atoms with Crippen LogP contribution in [-0.4, -0.2) is 22.9 Å². The van der Waals surface area contributed by atoms with Crippen LogP contribution in [0.25, 0.3) is 0 Å². The lowest BCUT2D eigenvalue weighted by molar-refractivity contribution is 0.206. The molecule has 9 nitrogen and oxygen atoms in total. The highest BCUT2D eigenvalue weighted by Gasteiger charge is 2.19. The van der Waals surface area contributed by atoms with Gasteiger partial charge in [-0.25, -0.2) is 31.5 Å². The van der Waals surface area contributed by atoms with E-state index in [4.69, 9.17) is 9.88 Å². The minimum absolute atomic E-state index is 0.0157. The van der Waals surface area contributed by atoms with Gasteiger partial charge in [-0.1, -0.05) is 36.4 Å². The summed E-state index contributed by atoms with van der Waals surface area (Å²) in [5.41, 5.74) is 1.18. The Morgan fingerprint density at radius 3 is 2.06 bits per heavy atom. The fourth-order valence-corrected chi connectivity index (χ4v) is 4.01. The molecule has 1 amide bonds. The first-order chi connectivity index (χ1) is 14.6. The third-order valence-electron chi connectivity index (χ3n) is 4.11. The van der Waals surface area contributed by atoms with E-state index in [1.54, 1.807) is 36.4 Å². The molecule has 0 saturated carbocycles. The number of para-hydroxylation sites is 1. The minimum Gasteiger partial charge on any atom is -0.409 e. The van der Waals surface area contributed by atoms with E-state index in [2.05, 4.69) is 5.32 Å². The lowest BCUT2D eigenvalue weighted by Gasteiger charge is -2.13. The Kier molecular flexibility index (Phi) is 6.59. The zero-order chi connectivity index (χ0) is 22.5. The van der Waals surface area contributed by atoms with Crippen molar-refractivity contribution in [3.63, 3.8) is 0 Å². The van der Waals surface area contributed by atoms with Gasteiger partial charge < -0.3 is 10.1 Å². The number of hydrogen-bond acceptors (Lipinski definition) is 7. The number of amides is 1. The Morgan fingerprint density at radius 1 is 0.806 bits per heavy atom. The van der Waals surface area contributed by atoms with Gasteiger partial charge in [0.1, 0.15) is 5.75 Å². The van der Waals surface area contributed by atoms with Crippen LogP contribution >= 0.6 is 0 Å². The zero-order valence-electron chi connectivity index (χ0n) is 16.1. The van der Waals surface area contributed by atoms with E-state index < -0.39 is 26.1 Å². The lowest BCUT2D eigenvalue weighted by atomic mass is 10.2. The topological polar surface area (TPSA) is 145 Å². The summed E-state index contributed by atoms with van der Waals surface area (Å²) < 4.78 is 54.2. The van der Waals surface area contributed by atoms with E-state index in [0.717, 1.165) is 0 Å². The molecule has 11 heteroatoms. The van der Waals surface area contributed by atoms with Crippen LogP contribution in [0.3, 0.4) is 0 Å². The molecule has 31 heavy (non-hydrogen) atoms. The summed E-state index contributed by atoms with van der Waals surface area (Å²) in [7, 11) is -7.85. The summed E-state index contributed by atoms with van der Waals surface area (Å²) >= 11 is 0. The van der Waals surface area contributed by atoms with Crippen LogP contribution in [0.1, 0.15) is 5.56 Å². The van der Waals surface area contributed by atoms with E-state index >= 15 is 0 Å². The average molecular weight is 462 g/mol. The largest absolute Gasteiger partial charge is 0.426 e. The number of rotatable bonds is 7. The highest BCUT2D eigenvalue weighted by Crippen LogP contribution is 2.21. The molecule has 0 aromatic heterocycles. The predicted octanol–water partition coefficient (Wildman–Crippen LogP) is 2.42. The summed E-state index contributed by atoms with van der Waals surface area (Å²) in [6.45, 7) is 0.226. The molecule has 0 bridgehead atoms. The summed E-state index contributed by atoms with van der Waals surface area (Å²) in [5.74, 6) is 0.164. The fraction of sp³-hybridized carbons (Fsp3) is 0.0500. The number of benzene rings is 3. The quantitative estimate of drug-likeness (QED) is 0.490. The Labute approximate surface area is 180 Å². The second kappa shape index (κ2) is 9.16. The molecule has 3 aromatic rings. The van der Waals surface area contributed by atoms with E-state index in [1.807, 2.05) is 4.72 Å². The van der Waals surface area contributed by atoms with Gasteiger partial charge in [-0.05, 0) is 42.5 Å².